The first-order valence-electron chi connectivity index (χ1n) is 6.50. The van der Waals surface area contributed by atoms with Crippen LogP contribution in [0.15, 0.2) is 11.6 Å². The second kappa shape index (κ2) is 6.88. The van der Waals surface area contributed by atoms with Crippen LogP contribution in [0.2, 0.25) is 0 Å². The van der Waals surface area contributed by atoms with E-state index >= 15 is 0 Å². The van der Waals surface area contributed by atoms with Gasteiger partial charge in [0.25, 0.3) is 0 Å². The number of aromatic nitrogens is 2. The Morgan fingerprint density at radius 3 is 3.00 bits per heavy atom. The Kier molecular flexibility index (Phi) is 5.18. The zero-order valence-corrected chi connectivity index (χ0v) is 12.5. The van der Waals surface area contributed by atoms with Gasteiger partial charge in [0.2, 0.25) is 5.88 Å². The normalized spacial score (nSPS) is 13.0. The van der Waals surface area contributed by atoms with Crippen molar-refractivity contribution in [1.29, 1.82) is 0 Å². The summed E-state index contributed by atoms with van der Waals surface area (Å²) in [5, 5.41) is 5.55. The lowest BCUT2D eigenvalue weighted by atomic mass is 10.2. The molecule has 2 aromatic heterocycles. The van der Waals surface area contributed by atoms with Crippen molar-refractivity contribution in [3.63, 3.8) is 0 Å². The number of thiazole rings is 1. The first-order chi connectivity index (χ1) is 9.30. The Bertz CT molecular complexity index is 503. The van der Waals surface area contributed by atoms with Gasteiger partial charge in [-0.1, -0.05) is 13.3 Å². The third-order valence-corrected chi connectivity index (χ3v) is 3.84. The summed E-state index contributed by atoms with van der Waals surface area (Å²) in [6.45, 7) is 3.64. The molecule has 2 aromatic rings. The van der Waals surface area contributed by atoms with Gasteiger partial charge < -0.3 is 14.8 Å². The molecular weight excluding hydrogens is 262 g/mol. The fourth-order valence-corrected chi connectivity index (χ4v) is 2.90. The van der Waals surface area contributed by atoms with Crippen LogP contribution in [0.1, 0.15) is 25.5 Å². The Morgan fingerprint density at radius 1 is 1.47 bits per heavy atom. The first-order valence-corrected chi connectivity index (χ1v) is 7.38. The van der Waals surface area contributed by atoms with E-state index in [9.17, 15) is 0 Å². The van der Waals surface area contributed by atoms with Gasteiger partial charge in [-0.25, -0.2) is 0 Å². The van der Waals surface area contributed by atoms with Gasteiger partial charge in [-0.2, -0.15) is 4.98 Å². The van der Waals surface area contributed by atoms with Crippen LogP contribution in [-0.2, 0) is 11.3 Å². The molecule has 5 nitrogen and oxygen atoms in total. The van der Waals surface area contributed by atoms with Crippen molar-refractivity contribution in [3.05, 3.63) is 17.3 Å². The van der Waals surface area contributed by atoms with E-state index in [-0.39, 0.29) is 0 Å². The lowest BCUT2D eigenvalue weighted by Crippen LogP contribution is -2.33. The van der Waals surface area contributed by atoms with Gasteiger partial charge in [0, 0.05) is 31.3 Å². The number of methoxy groups -OCH3 is 2. The highest BCUT2D eigenvalue weighted by atomic mass is 32.1. The van der Waals surface area contributed by atoms with Gasteiger partial charge in [0.05, 0.1) is 13.7 Å². The lowest BCUT2D eigenvalue weighted by Gasteiger charge is -2.17. The summed E-state index contributed by atoms with van der Waals surface area (Å²) in [6, 6.07) is 0.365. The Morgan fingerprint density at radius 2 is 2.32 bits per heavy atom. The highest BCUT2D eigenvalue weighted by molar-refractivity contribution is 7.15. The van der Waals surface area contributed by atoms with E-state index in [1.54, 1.807) is 25.6 Å². The smallest absolute Gasteiger partial charge is 0.237 e. The quantitative estimate of drug-likeness (QED) is 0.807. The van der Waals surface area contributed by atoms with Crippen molar-refractivity contribution in [2.24, 2.45) is 0 Å². The molecule has 0 aliphatic heterocycles. The SMILES string of the molecule is CCCC(COC)NCc1c(OC)nc2sccn12. The molecule has 0 spiro atoms. The second-order valence-corrected chi connectivity index (χ2v) is 5.32. The second-order valence-electron chi connectivity index (χ2n) is 4.45. The molecule has 1 atom stereocenters. The van der Waals surface area contributed by atoms with Crippen LogP contribution in [0.4, 0.5) is 0 Å². The van der Waals surface area contributed by atoms with Crippen LogP contribution in [0.3, 0.4) is 0 Å². The van der Waals surface area contributed by atoms with Crippen LogP contribution in [0.5, 0.6) is 5.88 Å². The molecular formula is C13H21N3O2S. The van der Waals surface area contributed by atoms with Crippen molar-refractivity contribution >= 4 is 16.3 Å². The highest BCUT2D eigenvalue weighted by Crippen LogP contribution is 2.23. The topological polar surface area (TPSA) is 47.8 Å². The zero-order valence-electron chi connectivity index (χ0n) is 11.7. The average Bonchev–Trinajstić information content (AvgIpc) is 2.97. The minimum Gasteiger partial charge on any atom is -0.480 e. The molecule has 0 radical (unpaired) electrons. The summed E-state index contributed by atoms with van der Waals surface area (Å²) in [7, 11) is 3.40. The highest BCUT2D eigenvalue weighted by Gasteiger charge is 2.15. The van der Waals surface area contributed by atoms with E-state index < -0.39 is 0 Å². The predicted octanol–water partition coefficient (Wildman–Crippen LogP) is 2.31. The van der Waals surface area contributed by atoms with Crippen LogP contribution >= 0.6 is 11.3 Å². The Balaban J connectivity index is 2.08. The van der Waals surface area contributed by atoms with Crippen molar-refractivity contribution in [1.82, 2.24) is 14.7 Å². The molecule has 0 aliphatic rings. The number of hydrogen-bond donors (Lipinski definition) is 1. The van der Waals surface area contributed by atoms with E-state index in [0.717, 1.165) is 36.6 Å². The molecule has 19 heavy (non-hydrogen) atoms. The Hall–Kier alpha value is -1.11. The summed E-state index contributed by atoms with van der Waals surface area (Å²) in [6.07, 6.45) is 4.26. The maximum Gasteiger partial charge on any atom is 0.237 e. The van der Waals surface area contributed by atoms with Gasteiger partial charge in [-0.3, -0.25) is 4.40 Å². The van der Waals surface area contributed by atoms with E-state index in [4.69, 9.17) is 9.47 Å². The maximum absolute atomic E-state index is 5.34. The van der Waals surface area contributed by atoms with Gasteiger partial charge in [-0.15, -0.1) is 11.3 Å². The maximum atomic E-state index is 5.34. The summed E-state index contributed by atoms with van der Waals surface area (Å²) >= 11 is 1.61. The molecule has 0 aliphatic carbocycles. The number of rotatable bonds is 8. The summed E-state index contributed by atoms with van der Waals surface area (Å²) in [5.41, 5.74) is 1.07. The van der Waals surface area contributed by atoms with Crippen LogP contribution < -0.4 is 10.1 Å². The third-order valence-electron chi connectivity index (χ3n) is 3.08. The van der Waals surface area contributed by atoms with Crippen molar-refractivity contribution in [2.75, 3.05) is 20.8 Å². The third kappa shape index (κ3) is 3.26. The van der Waals surface area contributed by atoms with Crippen molar-refractivity contribution < 1.29 is 9.47 Å². The number of imidazole rings is 1. The molecule has 0 amide bonds. The lowest BCUT2D eigenvalue weighted by molar-refractivity contribution is 0.161. The zero-order chi connectivity index (χ0) is 13.7. The minimum absolute atomic E-state index is 0.365. The molecule has 106 valence electrons. The molecule has 1 unspecified atom stereocenters. The van der Waals surface area contributed by atoms with Crippen molar-refractivity contribution in [2.45, 2.75) is 32.4 Å². The number of nitrogens with one attached hydrogen (secondary N) is 1. The molecule has 0 saturated carbocycles. The summed E-state index contributed by atoms with van der Waals surface area (Å²) < 4.78 is 12.7. The first kappa shape index (κ1) is 14.3. The fraction of sp³-hybridized carbons (Fsp3) is 0.615. The van der Waals surface area contributed by atoms with E-state index in [1.165, 1.54) is 0 Å². The minimum atomic E-state index is 0.365. The monoisotopic (exact) mass is 283 g/mol. The molecule has 1 N–H and O–H groups in total. The van der Waals surface area contributed by atoms with Crippen LogP contribution in [-0.4, -0.2) is 36.3 Å². The molecule has 0 aromatic carbocycles. The van der Waals surface area contributed by atoms with Gasteiger partial charge >= 0.3 is 0 Å². The standard InChI is InChI=1S/C13H21N3O2S/c1-4-5-10(9-17-2)14-8-11-12(18-3)15-13-16(11)6-7-19-13/h6-7,10,14H,4-5,8-9H2,1-3H3. The molecule has 0 fully saturated rings. The molecule has 2 heterocycles. The summed E-state index contributed by atoms with van der Waals surface area (Å²) in [4.78, 5) is 5.41. The largest absolute Gasteiger partial charge is 0.480 e. The fourth-order valence-electron chi connectivity index (χ4n) is 2.17. The number of ether oxygens (including phenoxy) is 2. The van der Waals surface area contributed by atoms with Crippen LogP contribution in [0, 0.1) is 0 Å². The predicted molar refractivity (Wildman–Crippen MR) is 77.0 cm³/mol. The summed E-state index contributed by atoms with van der Waals surface area (Å²) in [5.74, 6) is 0.701. The van der Waals surface area contributed by atoms with Gasteiger partial charge in [-0.05, 0) is 6.42 Å². The molecule has 6 heteroatoms. The number of hydrogen-bond acceptors (Lipinski definition) is 5. The van der Waals surface area contributed by atoms with E-state index in [2.05, 4.69) is 21.6 Å². The van der Waals surface area contributed by atoms with Gasteiger partial charge in [0.15, 0.2) is 4.96 Å². The average molecular weight is 283 g/mol. The van der Waals surface area contributed by atoms with E-state index in [0.29, 0.717) is 11.9 Å². The molecule has 2 rings (SSSR count). The van der Waals surface area contributed by atoms with E-state index in [1.807, 2.05) is 11.6 Å². The Labute approximate surface area is 117 Å². The van der Waals surface area contributed by atoms with Crippen molar-refractivity contribution in [3.8, 4) is 5.88 Å². The van der Waals surface area contributed by atoms with Crippen LogP contribution in [0.25, 0.3) is 4.96 Å². The molecule has 0 bridgehead atoms. The number of fused-ring (bicyclic) bond motifs is 1. The number of nitrogens with zero attached hydrogens (tertiary/aromatic N) is 2. The van der Waals surface area contributed by atoms with Gasteiger partial charge in [0.1, 0.15) is 5.69 Å². The molecule has 0 saturated heterocycles.